The molecule has 1 unspecified atom stereocenters. The van der Waals surface area contributed by atoms with Gasteiger partial charge < -0.3 is 4.74 Å². The van der Waals surface area contributed by atoms with E-state index in [-0.39, 0.29) is 5.78 Å². The van der Waals surface area contributed by atoms with Gasteiger partial charge in [0, 0.05) is 11.1 Å². The van der Waals surface area contributed by atoms with E-state index in [1.807, 2.05) is 77.2 Å². The summed E-state index contributed by atoms with van der Waals surface area (Å²) in [5.74, 6) is -0.682. The van der Waals surface area contributed by atoms with E-state index < -0.39 is 11.6 Å². The van der Waals surface area contributed by atoms with Crippen LogP contribution >= 0.6 is 22.6 Å². The lowest BCUT2D eigenvalue weighted by Gasteiger charge is -2.32. The van der Waals surface area contributed by atoms with Crippen molar-refractivity contribution in [2.24, 2.45) is 0 Å². The van der Waals surface area contributed by atoms with Crippen molar-refractivity contribution in [2.75, 3.05) is 0 Å². The fourth-order valence-corrected chi connectivity index (χ4v) is 3.97. The molecule has 0 amide bonds. The molecule has 0 N–H and O–H groups in total. The van der Waals surface area contributed by atoms with Crippen LogP contribution in [-0.2, 0) is 19.9 Å². The molecule has 0 saturated heterocycles. The monoisotopic (exact) mass is 414 g/mol. The van der Waals surface area contributed by atoms with Gasteiger partial charge in [-0.1, -0.05) is 60.7 Å². The third-order valence-corrected chi connectivity index (χ3v) is 5.14. The van der Waals surface area contributed by atoms with Crippen LogP contribution < -0.4 is 0 Å². The molecule has 0 radical (unpaired) electrons. The first-order valence-corrected chi connectivity index (χ1v) is 8.23. The molecule has 1 aliphatic heterocycles. The Balaban J connectivity index is 2.06. The second-order valence-corrected chi connectivity index (χ2v) is 6.49. The molecule has 2 aliphatic rings. The molecule has 4 heteroatoms. The molecule has 1 spiro atoms. The number of fused-ring (bicyclic) bond motifs is 2. The highest BCUT2D eigenvalue weighted by molar-refractivity contribution is 14.1. The Kier molecular flexibility index (Phi) is 3.23. The Bertz CT molecular complexity index is 896. The number of benzene rings is 2. The molecule has 4 rings (SSSR count). The van der Waals surface area contributed by atoms with Gasteiger partial charge in [-0.25, -0.2) is 4.79 Å². The second kappa shape index (κ2) is 5.16. The van der Waals surface area contributed by atoms with Crippen molar-refractivity contribution in [1.29, 1.82) is 0 Å². The average molecular weight is 414 g/mol. The Labute approximate surface area is 146 Å². The van der Waals surface area contributed by atoms with E-state index >= 15 is 0 Å². The summed E-state index contributed by atoms with van der Waals surface area (Å²) in [6, 6.07) is 17.0. The van der Waals surface area contributed by atoms with Gasteiger partial charge in [-0.15, -0.1) is 0 Å². The number of ether oxygens (including phenoxy) is 1. The zero-order valence-electron chi connectivity index (χ0n) is 12.0. The summed E-state index contributed by atoms with van der Waals surface area (Å²) < 4.78 is 6.14. The van der Waals surface area contributed by atoms with Crippen LogP contribution in [0.1, 0.15) is 16.7 Å². The lowest BCUT2D eigenvalue weighted by Crippen LogP contribution is -2.39. The number of ketones is 1. The van der Waals surface area contributed by atoms with Crippen molar-refractivity contribution in [3.8, 4) is 0 Å². The van der Waals surface area contributed by atoms with Crippen LogP contribution in [0.3, 0.4) is 0 Å². The van der Waals surface area contributed by atoms with Gasteiger partial charge in [0.05, 0.1) is 0 Å². The quantitative estimate of drug-likeness (QED) is 0.526. The van der Waals surface area contributed by atoms with Gasteiger partial charge in [-0.05, 0) is 39.8 Å². The molecule has 112 valence electrons. The first-order chi connectivity index (χ1) is 11.1. The molecule has 3 nitrogen and oxygen atoms in total. The van der Waals surface area contributed by atoms with Gasteiger partial charge in [-0.3, -0.25) is 4.79 Å². The van der Waals surface area contributed by atoms with Gasteiger partial charge in [-0.2, -0.15) is 0 Å². The molecule has 1 aliphatic carbocycles. The molecule has 0 aromatic heterocycles. The van der Waals surface area contributed by atoms with E-state index in [0.29, 0.717) is 14.7 Å². The van der Waals surface area contributed by atoms with Crippen molar-refractivity contribution in [3.63, 3.8) is 0 Å². The maximum Gasteiger partial charge on any atom is 0.346 e. The lowest BCUT2D eigenvalue weighted by molar-refractivity contribution is -0.153. The number of esters is 1. The molecular formula is C19H11IO3. The summed E-state index contributed by atoms with van der Waals surface area (Å²) in [6.07, 6.45) is 3.26. The Morgan fingerprint density at radius 2 is 1.57 bits per heavy atom. The van der Waals surface area contributed by atoms with E-state index in [1.54, 1.807) is 6.08 Å². The molecule has 0 fully saturated rings. The number of carbonyl (C=O) groups excluding carboxylic acids is 2. The predicted octanol–water partition coefficient (Wildman–Crippen LogP) is 3.88. The first-order valence-electron chi connectivity index (χ1n) is 7.15. The van der Waals surface area contributed by atoms with Crippen molar-refractivity contribution < 1.29 is 14.3 Å². The average Bonchev–Trinajstić information content (AvgIpc) is 2.85. The fraction of sp³-hybridized carbons (Fsp3) is 0.0526. The first kappa shape index (κ1) is 14.4. The lowest BCUT2D eigenvalue weighted by atomic mass is 9.75. The second-order valence-electron chi connectivity index (χ2n) is 5.41. The number of rotatable bonds is 1. The topological polar surface area (TPSA) is 43.4 Å². The van der Waals surface area contributed by atoms with E-state index in [0.717, 1.165) is 11.1 Å². The molecule has 0 saturated carbocycles. The number of hydrogen-bond donors (Lipinski definition) is 0. The van der Waals surface area contributed by atoms with Crippen molar-refractivity contribution >= 4 is 46.0 Å². The summed E-state index contributed by atoms with van der Waals surface area (Å²) in [5.41, 5.74) is 1.68. The van der Waals surface area contributed by atoms with Crippen LogP contribution in [0.25, 0.3) is 11.6 Å². The number of halogens is 1. The third kappa shape index (κ3) is 1.94. The normalized spacial score (nSPS) is 22.5. The standard InChI is InChI=1S/C19H11IO3/c20-17-16(13-7-2-1-3-8-13)19(23-18(17)22)14-9-5-4-6-12(14)10-11-15(19)21/h1-11H. The highest BCUT2D eigenvalue weighted by Crippen LogP contribution is 2.51. The van der Waals surface area contributed by atoms with Gasteiger partial charge in [0.2, 0.25) is 11.4 Å². The molecule has 0 bridgehead atoms. The summed E-state index contributed by atoms with van der Waals surface area (Å²) in [6.45, 7) is 0. The Hall–Kier alpha value is -2.21. The van der Waals surface area contributed by atoms with Crippen LogP contribution in [0.2, 0.25) is 0 Å². The van der Waals surface area contributed by atoms with Crippen molar-refractivity contribution in [1.82, 2.24) is 0 Å². The Morgan fingerprint density at radius 1 is 0.870 bits per heavy atom. The minimum Gasteiger partial charge on any atom is -0.437 e. The number of carbonyl (C=O) groups is 2. The predicted molar refractivity (Wildman–Crippen MR) is 95.6 cm³/mol. The van der Waals surface area contributed by atoms with Gasteiger partial charge in [0.15, 0.2) is 0 Å². The molecular weight excluding hydrogens is 403 g/mol. The molecule has 2 aromatic rings. The van der Waals surface area contributed by atoms with E-state index in [1.165, 1.54) is 6.08 Å². The molecule has 1 heterocycles. The summed E-state index contributed by atoms with van der Waals surface area (Å²) in [7, 11) is 0. The maximum atomic E-state index is 12.9. The van der Waals surface area contributed by atoms with Gasteiger partial charge >= 0.3 is 5.97 Å². The highest BCUT2D eigenvalue weighted by atomic mass is 127. The summed E-state index contributed by atoms with van der Waals surface area (Å²) in [5, 5.41) is 0. The minimum absolute atomic E-state index is 0.227. The van der Waals surface area contributed by atoms with E-state index in [2.05, 4.69) is 0 Å². The largest absolute Gasteiger partial charge is 0.437 e. The molecule has 23 heavy (non-hydrogen) atoms. The minimum atomic E-state index is -1.37. The fourth-order valence-electron chi connectivity index (χ4n) is 3.17. The van der Waals surface area contributed by atoms with Crippen LogP contribution in [0.4, 0.5) is 0 Å². The zero-order valence-corrected chi connectivity index (χ0v) is 14.1. The smallest absolute Gasteiger partial charge is 0.346 e. The summed E-state index contributed by atoms with van der Waals surface area (Å²) in [4.78, 5) is 25.2. The van der Waals surface area contributed by atoms with Crippen LogP contribution in [0.5, 0.6) is 0 Å². The van der Waals surface area contributed by atoms with E-state index in [4.69, 9.17) is 4.74 Å². The van der Waals surface area contributed by atoms with Crippen LogP contribution in [0.15, 0.2) is 64.3 Å². The van der Waals surface area contributed by atoms with Crippen molar-refractivity contribution in [2.45, 2.75) is 5.60 Å². The number of hydrogen-bond acceptors (Lipinski definition) is 3. The van der Waals surface area contributed by atoms with Gasteiger partial charge in [0.25, 0.3) is 0 Å². The van der Waals surface area contributed by atoms with Crippen LogP contribution in [0, 0.1) is 0 Å². The molecule has 2 aromatic carbocycles. The Morgan fingerprint density at radius 3 is 2.35 bits per heavy atom. The highest BCUT2D eigenvalue weighted by Gasteiger charge is 2.55. The van der Waals surface area contributed by atoms with Gasteiger partial charge in [0.1, 0.15) is 3.58 Å². The van der Waals surface area contributed by atoms with Crippen LogP contribution in [-0.4, -0.2) is 11.8 Å². The van der Waals surface area contributed by atoms with E-state index in [9.17, 15) is 9.59 Å². The molecule has 1 atom stereocenters. The maximum absolute atomic E-state index is 12.9. The summed E-state index contributed by atoms with van der Waals surface area (Å²) >= 11 is 1.97. The zero-order chi connectivity index (χ0) is 16.0. The van der Waals surface area contributed by atoms with Crippen molar-refractivity contribution in [3.05, 3.63) is 80.9 Å². The third-order valence-electron chi connectivity index (χ3n) is 4.16. The SMILES string of the molecule is O=C1OC2(C(=O)C=Cc3ccccc32)C(c2ccccc2)=C1I.